The van der Waals surface area contributed by atoms with E-state index in [9.17, 15) is 17.6 Å². The molecule has 2 atom stereocenters. The quantitative estimate of drug-likeness (QED) is 0.731. The van der Waals surface area contributed by atoms with Gasteiger partial charge in [-0.05, 0) is 12.1 Å². The Hall–Kier alpha value is -1.71. The Balaban J connectivity index is 2.23. The number of nitrogens with zero attached hydrogens (tertiary/aromatic N) is 2. The lowest BCUT2D eigenvalue weighted by atomic mass is 10.2. The lowest BCUT2D eigenvalue weighted by Crippen LogP contribution is -2.46. The fourth-order valence-electron chi connectivity index (χ4n) is 2.39. The SMILES string of the molecule is COC(=O)[C@H]1C[C@H](Oc2ccccc2F)CN1S(=O)(=O)N(C)C. The first-order valence-corrected chi connectivity index (χ1v) is 8.35. The number of esters is 1. The van der Waals surface area contributed by atoms with E-state index in [2.05, 4.69) is 4.74 Å². The zero-order chi connectivity index (χ0) is 17.2. The van der Waals surface area contributed by atoms with Gasteiger partial charge in [-0.3, -0.25) is 4.79 Å². The van der Waals surface area contributed by atoms with Crippen molar-refractivity contribution < 1.29 is 27.1 Å². The van der Waals surface area contributed by atoms with Crippen molar-refractivity contribution in [1.29, 1.82) is 0 Å². The Morgan fingerprint density at radius 1 is 1.35 bits per heavy atom. The molecule has 0 spiro atoms. The van der Waals surface area contributed by atoms with Crippen molar-refractivity contribution in [3.63, 3.8) is 0 Å². The molecule has 0 radical (unpaired) electrons. The van der Waals surface area contributed by atoms with Crippen molar-refractivity contribution in [3.05, 3.63) is 30.1 Å². The van der Waals surface area contributed by atoms with Crippen molar-refractivity contribution in [1.82, 2.24) is 8.61 Å². The molecule has 1 heterocycles. The van der Waals surface area contributed by atoms with Crippen LogP contribution in [0.3, 0.4) is 0 Å². The van der Waals surface area contributed by atoms with Gasteiger partial charge in [-0.2, -0.15) is 17.0 Å². The molecular formula is C14H19FN2O5S. The average Bonchev–Trinajstić information content (AvgIpc) is 2.93. The van der Waals surface area contributed by atoms with E-state index in [0.717, 1.165) is 8.61 Å². The lowest BCUT2D eigenvalue weighted by Gasteiger charge is -2.24. The monoisotopic (exact) mass is 346 g/mol. The molecular weight excluding hydrogens is 327 g/mol. The van der Waals surface area contributed by atoms with Crippen LogP contribution in [0, 0.1) is 5.82 Å². The topological polar surface area (TPSA) is 76.1 Å². The van der Waals surface area contributed by atoms with Crippen LogP contribution in [0.25, 0.3) is 0 Å². The zero-order valence-electron chi connectivity index (χ0n) is 13.1. The number of halogens is 1. The van der Waals surface area contributed by atoms with E-state index >= 15 is 0 Å². The van der Waals surface area contributed by atoms with Gasteiger partial charge < -0.3 is 9.47 Å². The molecule has 9 heteroatoms. The van der Waals surface area contributed by atoms with Gasteiger partial charge in [0.05, 0.1) is 13.7 Å². The van der Waals surface area contributed by atoms with Gasteiger partial charge in [0, 0.05) is 20.5 Å². The predicted octanol–water partition coefficient (Wildman–Crippen LogP) is 0.627. The van der Waals surface area contributed by atoms with E-state index < -0.39 is 34.1 Å². The van der Waals surface area contributed by atoms with Crippen LogP contribution in [0.5, 0.6) is 5.75 Å². The number of carbonyl (C=O) groups is 1. The molecule has 1 saturated heterocycles. The number of methoxy groups -OCH3 is 1. The normalized spacial score (nSPS) is 22.3. The molecule has 128 valence electrons. The van der Waals surface area contributed by atoms with Crippen LogP contribution in [-0.2, 0) is 19.7 Å². The summed E-state index contributed by atoms with van der Waals surface area (Å²) < 4.78 is 50.6. The molecule has 0 aliphatic carbocycles. The van der Waals surface area contributed by atoms with Crippen molar-refractivity contribution in [2.24, 2.45) is 0 Å². The van der Waals surface area contributed by atoms with Gasteiger partial charge in [0.1, 0.15) is 12.1 Å². The fourth-order valence-corrected chi connectivity index (χ4v) is 3.66. The van der Waals surface area contributed by atoms with E-state index in [-0.39, 0.29) is 18.7 Å². The predicted molar refractivity (Wildman–Crippen MR) is 80.5 cm³/mol. The molecule has 23 heavy (non-hydrogen) atoms. The molecule has 0 saturated carbocycles. The molecule has 2 rings (SSSR count). The van der Waals surface area contributed by atoms with Gasteiger partial charge in [-0.15, -0.1) is 0 Å². The van der Waals surface area contributed by atoms with E-state index in [4.69, 9.17) is 4.74 Å². The maximum atomic E-state index is 13.7. The molecule has 0 bridgehead atoms. The molecule has 1 aromatic rings. The standard InChI is InChI=1S/C14H19FN2O5S/c1-16(2)23(19,20)17-9-10(8-12(17)14(18)21-3)22-13-7-5-4-6-11(13)15/h4-7,10,12H,8-9H2,1-3H3/t10-,12+/m0/s1. The third-order valence-electron chi connectivity index (χ3n) is 3.58. The largest absolute Gasteiger partial charge is 0.486 e. The van der Waals surface area contributed by atoms with E-state index in [1.54, 1.807) is 6.07 Å². The summed E-state index contributed by atoms with van der Waals surface area (Å²) in [5, 5.41) is 0. The summed E-state index contributed by atoms with van der Waals surface area (Å²) in [7, 11) is 0.104. The zero-order valence-corrected chi connectivity index (χ0v) is 13.9. The highest BCUT2D eigenvalue weighted by molar-refractivity contribution is 7.86. The minimum Gasteiger partial charge on any atom is -0.486 e. The molecule has 1 aromatic carbocycles. The Kier molecular flexibility index (Phi) is 5.23. The molecule has 0 aromatic heterocycles. The second-order valence-corrected chi connectivity index (χ2v) is 7.40. The van der Waals surface area contributed by atoms with Crippen LogP contribution in [0.1, 0.15) is 6.42 Å². The van der Waals surface area contributed by atoms with E-state index in [1.807, 2.05) is 0 Å². The lowest BCUT2D eigenvalue weighted by molar-refractivity contribution is -0.144. The van der Waals surface area contributed by atoms with Gasteiger partial charge in [0.2, 0.25) is 0 Å². The molecule has 0 unspecified atom stereocenters. The van der Waals surface area contributed by atoms with Gasteiger partial charge in [0.25, 0.3) is 10.2 Å². The Labute approximate surface area is 134 Å². The van der Waals surface area contributed by atoms with Crippen LogP contribution in [0.4, 0.5) is 4.39 Å². The first-order chi connectivity index (χ1) is 10.8. The highest BCUT2D eigenvalue weighted by atomic mass is 32.2. The van der Waals surface area contributed by atoms with Crippen molar-refractivity contribution >= 4 is 16.2 Å². The first kappa shape index (κ1) is 17.6. The van der Waals surface area contributed by atoms with Crippen molar-refractivity contribution in [2.75, 3.05) is 27.7 Å². The summed E-state index contributed by atoms with van der Waals surface area (Å²) in [4.78, 5) is 11.9. The second kappa shape index (κ2) is 6.81. The minimum atomic E-state index is -3.82. The maximum Gasteiger partial charge on any atom is 0.324 e. The van der Waals surface area contributed by atoms with Crippen LogP contribution in [-0.4, -0.2) is 62.9 Å². The Bertz CT molecular complexity index is 680. The number of carbonyl (C=O) groups excluding carboxylic acids is 1. The van der Waals surface area contributed by atoms with Crippen LogP contribution < -0.4 is 4.74 Å². The minimum absolute atomic E-state index is 0.0187. The summed E-state index contributed by atoms with van der Waals surface area (Å²) in [6, 6.07) is 4.84. The van der Waals surface area contributed by atoms with Crippen molar-refractivity contribution in [3.8, 4) is 5.75 Å². The third kappa shape index (κ3) is 3.62. The number of para-hydroxylation sites is 1. The molecule has 1 aliphatic rings. The molecule has 0 amide bonds. The van der Waals surface area contributed by atoms with Crippen LogP contribution >= 0.6 is 0 Å². The summed E-state index contributed by atoms with van der Waals surface area (Å²) >= 11 is 0. The molecule has 1 aliphatic heterocycles. The third-order valence-corrected chi connectivity index (χ3v) is 5.50. The molecule has 7 nitrogen and oxygen atoms in total. The number of ether oxygens (including phenoxy) is 2. The van der Waals surface area contributed by atoms with Crippen molar-refractivity contribution in [2.45, 2.75) is 18.6 Å². The van der Waals surface area contributed by atoms with E-state index in [0.29, 0.717) is 0 Å². The Morgan fingerprint density at radius 2 is 2.00 bits per heavy atom. The van der Waals surface area contributed by atoms with Crippen LogP contribution in [0.2, 0.25) is 0 Å². The smallest absolute Gasteiger partial charge is 0.324 e. The van der Waals surface area contributed by atoms with Gasteiger partial charge in [0.15, 0.2) is 11.6 Å². The number of rotatable bonds is 5. The van der Waals surface area contributed by atoms with Crippen LogP contribution in [0.15, 0.2) is 24.3 Å². The second-order valence-electron chi connectivity index (χ2n) is 5.30. The highest BCUT2D eigenvalue weighted by Crippen LogP contribution is 2.28. The highest BCUT2D eigenvalue weighted by Gasteiger charge is 2.46. The molecule has 0 N–H and O–H groups in total. The number of benzene rings is 1. The number of hydrogen-bond donors (Lipinski definition) is 0. The van der Waals surface area contributed by atoms with Gasteiger partial charge >= 0.3 is 5.97 Å². The summed E-state index contributed by atoms with van der Waals surface area (Å²) in [5.41, 5.74) is 0. The Morgan fingerprint density at radius 3 is 2.57 bits per heavy atom. The van der Waals surface area contributed by atoms with Gasteiger partial charge in [-0.25, -0.2) is 4.39 Å². The van der Waals surface area contributed by atoms with E-state index in [1.165, 1.54) is 39.4 Å². The molecule has 1 fully saturated rings. The average molecular weight is 346 g/mol. The summed E-state index contributed by atoms with van der Waals surface area (Å²) in [5.74, 6) is -1.20. The first-order valence-electron chi connectivity index (χ1n) is 6.95. The number of hydrogen-bond acceptors (Lipinski definition) is 5. The van der Waals surface area contributed by atoms with Gasteiger partial charge in [-0.1, -0.05) is 12.1 Å². The summed E-state index contributed by atoms with van der Waals surface area (Å²) in [6.45, 7) is -0.0609. The maximum absolute atomic E-state index is 13.7. The fraction of sp³-hybridized carbons (Fsp3) is 0.500. The summed E-state index contributed by atoms with van der Waals surface area (Å²) in [6.07, 6.45) is -0.556.